The van der Waals surface area contributed by atoms with Crippen LogP contribution < -0.4 is 5.32 Å². The summed E-state index contributed by atoms with van der Waals surface area (Å²) in [5, 5.41) is 4.00. The molecule has 1 aromatic heterocycles. The molecule has 1 fully saturated rings. The van der Waals surface area contributed by atoms with Crippen molar-refractivity contribution in [3.05, 3.63) is 35.6 Å². The van der Waals surface area contributed by atoms with Gasteiger partial charge in [-0.2, -0.15) is 0 Å². The number of carbonyl (C=O) groups is 1. The Balaban J connectivity index is 1.63. The lowest BCUT2D eigenvalue weighted by Crippen LogP contribution is -2.41. The number of likely N-dealkylation sites (N-methyl/N-ethyl adjacent to an activating group) is 1. The molecule has 0 spiro atoms. The van der Waals surface area contributed by atoms with E-state index >= 15 is 0 Å². The molecular formula is C18H24N2O4S. The van der Waals surface area contributed by atoms with Gasteiger partial charge < -0.3 is 9.73 Å². The van der Waals surface area contributed by atoms with Crippen molar-refractivity contribution in [1.82, 2.24) is 10.2 Å². The summed E-state index contributed by atoms with van der Waals surface area (Å²) in [4.78, 5) is 14.2. The maximum Gasteiger partial charge on any atom is 0.234 e. The van der Waals surface area contributed by atoms with Gasteiger partial charge in [0.1, 0.15) is 11.3 Å². The monoisotopic (exact) mass is 364 g/mol. The number of amides is 1. The third-order valence-electron chi connectivity index (χ3n) is 4.88. The van der Waals surface area contributed by atoms with E-state index in [-0.39, 0.29) is 36.0 Å². The molecule has 1 aliphatic heterocycles. The molecule has 0 saturated carbocycles. The number of hydrogen-bond acceptors (Lipinski definition) is 5. The van der Waals surface area contributed by atoms with E-state index in [0.29, 0.717) is 6.42 Å². The predicted octanol–water partition coefficient (Wildman–Crippen LogP) is 2.04. The minimum atomic E-state index is -2.95. The minimum Gasteiger partial charge on any atom is -0.459 e. The quantitative estimate of drug-likeness (QED) is 0.878. The Morgan fingerprint density at radius 1 is 1.40 bits per heavy atom. The first-order valence-electron chi connectivity index (χ1n) is 8.45. The van der Waals surface area contributed by atoms with Crippen LogP contribution in [0.25, 0.3) is 11.0 Å². The molecule has 6 nitrogen and oxygen atoms in total. The second-order valence-electron chi connectivity index (χ2n) is 6.85. The Bertz CT molecular complexity index is 888. The number of sulfone groups is 1. The summed E-state index contributed by atoms with van der Waals surface area (Å²) < 4.78 is 29.0. The predicted molar refractivity (Wildman–Crippen MR) is 97.2 cm³/mol. The van der Waals surface area contributed by atoms with Crippen LogP contribution in [0.1, 0.15) is 30.7 Å². The van der Waals surface area contributed by atoms with E-state index in [1.54, 1.807) is 7.05 Å². The lowest BCUT2D eigenvalue weighted by atomic mass is 10.1. The van der Waals surface area contributed by atoms with Crippen molar-refractivity contribution in [1.29, 1.82) is 0 Å². The highest BCUT2D eigenvalue weighted by molar-refractivity contribution is 7.91. The van der Waals surface area contributed by atoms with Crippen molar-refractivity contribution in [2.45, 2.75) is 32.4 Å². The van der Waals surface area contributed by atoms with Gasteiger partial charge in [0, 0.05) is 17.0 Å². The highest BCUT2D eigenvalue weighted by Crippen LogP contribution is 2.29. The van der Waals surface area contributed by atoms with Crippen molar-refractivity contribution >= 4 is 26.7 Å². The van der Waals surface area contributed by atoms with Crippen molar-refractivity contribution in [2.24, 2.45) is 0 Å². The van der Waals surface area contributed by atoms with Crippen LogP contribution in [-0.4, -0.2) is 50.4 Å². The Morgan fingerprint density at radius 3 is 2.76 bits per heavy atom. The molecule has 0 aliphatic carbocycles. The van der Waals surface area contributed by atoms with Crippen LogP contribution in [-0.2, 0) is 14.6 Å². The fraction of sp³-hybridized carbons (Fsp3) is 0.500. The van der Waals surface area contributed by atoms with E-state index in [1.165, 1.54) is 0 Å². The Kier molecular flexibility index (Phi) is 4.88. The molecule has 0 unspecified atom stereocenters. The van der Waals surface area contributed by atoms with E-state index in [4.69, 9.17) is 4.42 Å². The second kappa shape index (κ2) is 6.80. The van der Waals surface area contributed by atoms with Crippen molar-refractivity contribution in [3.8, 4) is 0 Å². The third kappa shape index (κ3) is 3.88. The van der Waals surface area contributed by atoms with Crippen LogP contribution in [0.3, 0.4) is 0 Å². The zero-order chi connectivity index (χ0) is 18.2. The molecule has 136 valence electrons. The van der Waals surface area contributed by atoms with Crippen LogP contribution in [0.15, 0.2) is 28.7 Å². The lowest BCUT2D eigenvalue weighted by Gasteiger charge is -2.23. The summed E-state index contributed by atoms with van der Waals surface area (Å²) in [6.07, 6.45) is 0.588. The maximum absolute atomic E-state index is 12.3. The molecule has 1 aromatic carbocycles. The fourth-order valence-corrected chi connectivity index (χ4v) is 5.24. The largest absolute Gasteiger partial charge is 0.459 e. The Hall–Kier alpha value is -1.86. The van der Waals surface area contributed by atoms with Gasteiger partial charge in [0.05, 0.1) is 24.1 Å². The van der Waals surface area contributed by atoms with E-state index in [9.17, 15) is 13.2 Å². The summed E-state index contributed by atoms with van der Waals surface area (Å²) in [6.45, 7) is 4.05. The first-order chi connectivity index (χ1) is 11.8. The summed E-state index contributed by atoms with van der Waals surface area (Å²) >= 11 is 0. The topological polar surface area (TPSA) is 79.6 Å². The zero-order valence-corrected chi connectivity index (χ0v) is 15.6. The highest BCUT2D eigenvalue weighted by atomic mass is 32.2. The lowest BCUT2D eigenvalue weighted by molar-refractivity contribution is -0.123. The number of hydrogen-bond donors (Lipinski definition) is 1. The van der Waals surface area contributed by atoms with Crippen molar-refractivity contribution in [3.63, 3.8) is 0 Å². The number of rotatable bonds is 5. The molecule has 0 radical (unpaired) electrons. The summed E-state index contributed by atoms with van der Waals surface area (Å²) in [5.74, 6) is 0.951. The van der Waals surface area contributed by atoms with E-state index in [1.807, 2.05) is 43.0 Å². The smallest absolute Gasteiger partial charge is 0.234 e. The van der Waals surface area contributed by atoms with Gasteiger partial charge in [0.25, 0.3) is 0 Å². The maximum atomic E-state index is 12.3. The molecule has 0 bridgehead atoms. The second-order valence-corrected chi connectivity index (χ2v) is 9.08. The zero-order valence-electron chi connectivity index (χ0n) is 14.8. The first kappa shape index (κ1) is 17.9. The van der Waals surface area contributed by atoms with Crippen LogP contribution in [0.5, 0.6) is 0 Å². The van der Waals surface area contributed by atoms with E-state index in [2.05, 4.69) is 5.32 Å². The molecule has 25 heavy (non-hydrogen) atoms. The number of carbonyl (C=O) groups excluding carboxylic acids is 1. The summed E-state index contributed by atoms with van der Waals surface area (Å²) in [7, 11) is -1.16. The summed E-state index contributed by atoms with van der Waals surface area (Å²) in [6, 6.07) is 7.46. The highest BCUT2D eigenvalue weighted by Gasteiger charge is 2.31. The van der Waals surface area contributed by atoms with Crippen LogP contribution in [0.2, 0.25) is 0 Å². The molecule has 2 aromatic rings. The molecular weight excluding hydrogens is 340 g/mol. The average Bonchev–Trinajstić information content (AvgIpc) is 3.08. The van der Waals surface area contributed by atoms with E-state index < -0.39 is 9.84 Å². The van der Waals surface area contributed by atoms with Gasteiger partial charge in [0.15, 0.2) is 9.84 Å². The van der Waals surface area contributed by atoms with Gasteiger partial charge in [-0.1, -0.05) is 18.2 Å². The Labute approximate surface area is 148 Å². The van der Waals surface area contributed by atoms with Gasteiger partial charge in [-0.25, -0.2) is 8.42 Å². The third-order valence-corrected chi connectivity index (χ3v) is 6.63. The molecule has 1 saturated heterocycles. The molecule has 1 aliphatic rings. The van der Waals surface area contributed by atoms with Crippen LogP contribution in [0, 0.1) is 6.92 Å². The SMILES string of the molecule is Cc1c([C@@H](C)NC(=O)CN(C)[C@H]2CCS(=O)(=O)C2)oc2ccccc12. The molecule has 2 heterocycles. The average molecular weight is 364 g/mol. The molecule has 1 amide bonds. The normalized spacial score (nSPS) is 20.9. The fourth-order valence-electron chi connectivity index (χ4n) is 3.44. The number of benzene rings is 1. The Morgan fingerprint density at radius 2 is 2.12 bits per heavy atom. The molecule has 1 N–H and O–H groups in total. The van der Waals surface area contributed by atoms with Crippen molar-refractivity contribution < 1.29 is 17.6 Å². The number of furan rings is 1. The number of nitrogens with zero attached hydrogens (tertiary/aromatic N) is 1. The van der Waals surface area contributed by atoms with Crippen LogP contribution in [0.4, 0.5) is 0 Å². The van der Waals surface area contributed by atoms with Crippen molar-refractivity contribution in [2.75, 3.05) is 25.1 Å². The number of nitrogens with one attached hydrogen (secondary N) is 1. The van der Waals surface area contributed by atoms with Gasteiger partial charge >= 0.3 is 0 Å². The van der Waals surface area contributed by atoms with Crippen LogP contribution >= 0.6 is 0 Å². The van der Waals surface area contributed by atoms with Gasteiger partial charge in [-0.05, 0) is 33.4 Å². The molecule has 7 heteroatoms. The van der Waals surface area contributed by atoms with Gasteiger partial charge in [-0.15, -0.1) is 0 Å². The number of para-hydroxylation sites is 1. The van der Waals surface area contributed by atoms with Gasteiger partial charge in [-0.3, -0.25) is 9.69 Å². The standard InChI is InChI=1S/C18H24N2O4S/c1-12-15-6-4-5-7-16(15)24-18(12)13(2)19-17(21)10-20(3)14-8-9-25(22,23)11-14/h4-7,13-14H,8-11H2,1-3H3,(H,19,21)/t13-,14+/m1/s1. The first-order valence-corrected chi connectivity index (χ1v) is 10.3. The number of aryl methyl sites for hydroxylation is 1. The molecule has 3 rings (SSSR count). The van der Waals surface area contributed by atoms with E-state index in [0.717, 1.165) is 22.3 Å². The van der Waals surface area contributed by atoms with Gasteiger partial charge in [0.2, 0.25) is 5.91 Å². The summed E-state index contributed by atoms with van der Waals surface area (Å²) in [5.41, 5.74) is 1.84. The minimum absolute atomic E-state index is 0.0843. The number of fused-ring (bicyclic) bond motifs is 1. The molecule has 2 atom stereocenters.